The van der Waals surface area contributed by atoms with Gasteiger partial charge in [-0.3, -0.25) is 19.1 Å². The molecule has 0 atom stereocenters. The van der Waals surface area contributed by atoms with Crippen molar-refractivity contribution in [1.82, 2.24) is 19.8 Å². The molecule has 2 saturated heterocycles. The largest absolute Gasteiger partial charge is 0.496 e. The number of nitrogens with zero attached hydrogens (tertiary/aromatic N) is 3. The first-order valence-electron chi connectivity index (χ1n) is 14.1. The molecule has 1 amide bonds. The molecule has 0 unspecified atom stereocenters. The predicted octanol–water partition coefficient (Wildman–Crippen LogP) is 2.09. The second-order valence-electron chi connectivity index (χ2n) is 12.7. The van der Waals surface area contributed by atoms with Crippen LogP contribution < -0.4 is 16.3 Å². The van der Waals surface area contributed by atoms with E-state index >= 15 is 0 Å². The molecule has 2 aromatic heterocycles. The van der Waals surface area contributed by atoms with Crippen LogP contribution in [-0.4, -0.2) is 77.6 Å². The van der Waals surface area contributed by atoms with E-state index in [9.17, 15) is 9.59 Å². The SMILES string of the molecule is CC1(C)OB(c2cnc3c(c2)cc(C(=O)NC2CC4(CCC4)C2)c(=O)n3CCN2CCOCC2)OC1(C)C. The Hall–Kier alpha value is -2.27. The fourth-order valence-electron chi connectivity index (χ4n) is 6.26. The van der Waals surface area contributed by atoms with Crippen LogP contribution in [0.2, 0.25) is 0 Å². The second-order valence-corrected chi connectivity index (χ2v) is 12.7. The van der Waals surface area contributed by atoms with Crippen molar-refractivity contribution >= 4 is 29.5 Å². The number of pyridine rings is 2. The van der Waals surface area contributed by atoms with Crippen molar-refractivity contribution in [2.75, 3.05) is 32.8 Å². The lowest BCUT2D eigenvalue weighted by Crippen LogP contribution is -2.54. The Kier molecular flexibility index (Phi) is 6.45. The number of fused-ring (bicyclic) bond motifs is 1. The zero-order valence-electron chi connectivity index (χ0n) is 23.0. The zero-order valence-corrected chi connectivity index (χ0v) is 23.0. The molecule has 4 heterocycles. The first-order valence-corrected chi connectivity index (χ1v) is 14.1. The number of nitrogens with one attached hydrogen (secondary N) is 1. The number of morpholine rings is 1. The van der Waals surface area contributed by atoms with Crippen LogP contribution in [0, 0.1) is 5.41 Å². The summed E-state index contributed by atoms with van der Waals surface area (Å²) in [7, 11) is -0.573. The Balaban J connectivity index is 1.31. The minimum Gasteiger partial charge on any atom is -0.399 e. The third kappa shape index (κ3) is 4.59. The summed E-state index contributed by atoms with van der Waals surface area (Å²) >= 11 is 0. The highest BCUT2D eigenvalue weighted by molar-refractivity contribution is 6.62. The van der Waals surface area contributed by atoms with Gasteiger partial charge in [-0.25, -0.2) is 4.98 Å². The molecule has 204 valence electrons. The minimum absolute atomic E-state index is 0.147. The molecule has 2 aliphatic heterocycles. The van der Waals surface area contributed by atoms with Crippen LogP contribution >= 0.6 is 0 Å². The molecule has 2 aromatic rings. The van der Waals surface area contributed by atoms with E-state index in [1.807, 2.05) is 33.8 Å². The van der Waals surface area contributed by atoms with Gasteiger partial charge in [0, 0.05) is 49.3 Å². The molecule has 0 bridgehead atoms. The maximum absolute atomic E-state index is 13.7. The first-order chi connectivity index (χ1) is 18.1. The number of ether oxygens (including phenoxy) is 1. The Labute approximate surface area is 224 Å². The van der Waals surface area contributed by atoms with Crippen LogP contribution in [0.15, 0.2) is 23.1 Å². The highest BCUT2D eigenvalue weighted by atomic mass is 16.7. The van der Waals surface area contributed by atoms with Crippen molar-refractivity contribution in [2.45, 2.75) is 83.6 Å². The van der Waals surface area contributed by atoms with Gasteiger partial charge in [-0.2, -0.15) is 0 Å². The van der Waals surface area contributed by atoms with E-state index in [1.165, 1.54) is 19.3 Å². The Morgan fingerprint density at radius 2 is 1.76 bits per heavy atom. The van der Waals surface area contributed by atoms with Gasteiger partial charge >= 0.3 is 7.12 Å². The Morgan fingerprint density at radius 1 is 1.08 bits per heavy atom. The molecule has 38 heavy (non-hydrogen) atoms. The lowest BCUT2D eigenvalue weighted by molar-refractivity contribution is -0.000652. The summed E-state index contributed by atoms with van der Waals surface area (Å²) in [4.78, 5) is 34.0. The smallest absolute Gasteiger partial charge is 0.399 e. The number of aromatic nitrogens is 2. The highest BCUT2D eigenvalue weighted by Crippen LogP contribution is 2.55. The van der Waals surface area contributed by atoms with Crippen molar-refractivity contribution in [1.29, 1.82) is 0 Å². The Morgan fingerprint density at radius 3 is 2.39 bits per heavy atom. The van der Waals surface area contributed by atoms with Gasteiger partial charge in [-0.05, 0) is 70.9 Å². The van der Waals surface area contributed by atoms with Gasteiger partial charge in [-0.15, -0.1) is 0 Å². The van der Waals surface area contributed by atoms with Crippen molar-refractivity contribution in [3.63, 3.8) is 0 Å². The number of carbonyl (C=O) groups excluding carboxylic acids is 1. The van der Waals surface area contributed by atoms with Crippen LogP contribution in [0.1, 0.15) is 70.2 Å². The average molecular weight is 522 g/mol. The maximum Gasteiger partial charge on any atom is 0.496 e. The fourth-order valence-corrected chi connectivity index (χ4v) is 6.26. The van der Waals surface area contributed by atoms with E-state index in [4.69, 9.17) is 19.0 Å². The van der Waals surface area contributed by atoms with Crippen LogP contribution in [0.3, 0.4) is 0 Å². The fraction of sp³-hybridized carbons (Fsp3) is 0.679. The zero-order chi connectivity index (χ0) is 26.7. The topological polar surface area (TPSA) is 94.9 Å². The Bertz CT molecular complexity index is 1270. The van der Waals surface area contributed by atoms with Gasteiger partial charge in [0.2, 0.25) is 0 Å². The van der Waals surface area contributed by atoms with E-state index in [0.29, 0.717) is 37.4 Å². The summed E-state index contributed by atoms with van der Waals surface area (Å²) in [6.07, 6.45) is 7.57. The molecule has 2 aliphatic carbocycles. The lowest BCUT2D eigenvalue weighted by atomic mass is 9.54. The van der Waals surface area contributed by atoms with Crippen LogP contribution in [0.4, 0.5) is 0 Å². The van der Waals surface area contributed by atoms with E-state index in [0.717, 1.165) is 36.8 Å². The third-order valence-electron chi connectivity index (χ3n) is 9.57. The van der Waals surface area contributed by atoms with Crippen LogP contribution in [-0.2, 0) is 20.6 Å². The second kappa shape index (κ2) is 9.43. The van der Waals surface area contributed by atoms with E-state index in [2.05, 4.69) is 10.2 Å². The molecule has 2 saturated carbocycles. The van der Waals surface area contributed by atoms with Crippen molar-refractivity contribution in [3.8, 4) is 0 Å². The van der Waals surface area contributed by atoms with E-state index in [1.54, 1.807) is 16.8 Å². The molecule has 0 radical (unpaired) electrons. The number of hydrogen-bond donors (Lipinski definition) is 1. The molecule has 4 aliphatic rings. The summed E-state index contributed by atoms with van der Waals surface area (Å²) in [6, 6.07) is 3.78. The normalized spacial score (nSPS) is 24.4. The number of rotatable bonds is 6. The van der Waals surface area contributed by atoms with Crippen LogP contribution in [0.25, 0.3) is 11.0 Å². The van der Waals surface area contributed by atoms with Crippen molar-refractivity contribution < 1.29 is 18.8 Å². The minimum atomic E-state index is -0.573. The molecule has 1 spiro atoms. The van der Waals surface area contributed by atoms with Gasteiger partial charge in [0.25, 0.3) is 11.5 Å². The number of hydrogen-bond acceptors (Lipinski definition) is 7. The quantitative estimate of drug-likeness (QED) is 0.581. The monoisotopic (exact) mass is 522 g/mol. The van der Waals surface area contributed by atoms with Gasteiger partial charge in [-0.1, -0.05) is 6.42 Å². The van der Waals surface area contributed by atoms with E-state index in [-0.39, 0.29) is 23.1 Å². The molecule has 9 nitrogen and oxygen atoms in total. The predicted molar refractivity (Wildman–Crippen MR) is 146 cm³/mol. The molecule has 4 fully saturated rings. The van der Waals surface area contributed by atoms with Crippen LogP contribution in [0.5, 0.6) is 0 Å². The highest BCUT2D eigenvalue weighted by Gasteiger charge is 2.52. The summed E-state index contributed by atoms with van der Waals surface area (Å²) in [5.41, 5.74) is 0.703. The van der Waals surface area contributed by atoms with Gasteiger partial charge in [0.05, 0.1) is 24.4 Å². The van der Waals surface area contributed by atoms with Gasteiger partial charge in [0.15, 0.2) is 0 Å². The standard InChI is InChI=1S/C28H39BN4O5/c1-26(2)27(3,4)38-29(37-26)20-14-19-15-22(24(34)31-21-16-28(17-21)6-5-7-28)25(35)33(23(19)30-18-20)9-8-32-10-12-36-13-11-32/h14-15,18,21H,5-13,16-17H2,1-4H3,(H,31,34). The molecule has 10 heteroatoms. The molecular formula is C28H39BN4O5. The molecular weight excluding hydrogens is 483 g/mol. The van der Waals surface area contributed by atoms with E-state index < -0.39 is 18.3 Å². The number of amides is 1. The average Bonchev–Trinajstić information content (AvgIpc) is 3.05. The molecule has 1 N–H and O–H groups in total. The summed E-state index contributed by atoms with van der Waals surface area (Å²) in [5, 5.41) is 3.87. The number of carbonyl (C=O) groups is 1. The van der Waals surface area contributed by atoms with Gasteiger partial charge in [0.1, 0.15) is 11.2 Å². The summed E-state index contributed by atoms with van der Waals surface area (Å²) in [5.74, 6) is -0.294. The maximum atomic E-state index is 13.7. The van der Waals surface area contributed by atoms with Crippen molar-refractivity contribution in [3.05, 3.63) is 34.2 Å². The first kappa shape index (κ1) is 26.0. The summed E-state index contributed by atoms with van der Waals surface area (Å²) in [6.45, 7) is 12.2. The summed E-state index contributed by atoms with van der Waals surface area (Å²) < 4.78 is 19.6. The lowest BCUT2D eigenvalue weighted by Gasteiger charge is -2.54. The third-order valence-corrected chi connectivity index (χ3v) is 9.57. The van der Waals surface area contributed by atoms with Crippen molar-refractivity contribution in [2.24, 2.45) is 5.41 Å². The molecule has 0 aromatic carbocycles. The van der Waals surface area contributed by atoms with Gasteiger partial charge < -0.3 is 19.4 Å². The molecule has 6 rings (SSSR count).